The topological polar surface area (TPSA) is 79.5 Å². The van der Waals surface area contributed by atoms with Crippen LogP contribution in [0.5, 0.6) is 0 Å². The second kappa shape index (κ2) is 4.99. The number of nitrogens with zero attached hydrogens (tertiary/aromatic N) is 3. The van der Waals surface area contributed by atoms with Crippen molar-refractivity contribution in [3.05, 3.63) is 23.4 Å². The van der Waals surface area contributed by atoms with E-state index < -0.39 is 11.5 Å². The fraction of sp³-hybridized carbons (Fsp3) is 0.462. The molecule has 0 amide bonds. The van der Waals surface area contributed by atoms with Gasteiger partial charge in [0.25, 0.3) is 5.89 Å². The lowest BCUT2D eigenvalue weighted by molar-refractivity contribution is -0.149. The second-order valence-electron chi connectivity index (χ2n) is 5.08. The number of rotatable bonds is 4. The Hall–Kier alpha value is -1.73. The molecule has 6 nitrogen and oxygen atoms in total. The Labute approximate surface area is 120 Å². The summed E-state index contributed by atoms with van der Waals surface area (Å²) in [7, 11) is 0. The SMILES string of the molecule is CC1(C(=O)O)CCCN1Cc1nnc(-c2cccs2)o1. The van der Waals surface area contributed by atoms with Crippen LogP contribution < -0.4 is 0 Å². The highest BCUT2D eigenvalue weighted by molar-refractivity contribution is 7.13. The molecule has 3 rings (SSSR count). The Morgan fingerprint density at radius 1 is 1.60 bits per heavy atom. The van der Waals surface area contributed by atoms with Gasteiger partial charge in [-0.15, -0.1) is 21.5 Å². The van der Waals surface area contributed by atoms with Crippen LogP contribution in [0, 0.1) is 0 Å². The first-order valence-corrected chi connectivity index (χ1v) is 7.32. The van der Waals surface area contributed by atoms with E-state index in [1.54, 1.807) is 6.92 Å². The summed E-state index contributed by atoms with van der Waals surface area (Å²) < 4.78 is 5.62. The minimum Gasteiger partial charge on any atom is -0.480 e. The van der Waals surface area contributed by atoms with Crippen molar-refractivity contribution in [2.24, 2.45) is 0 Å². The predicted molar refractivity (Wildman–Crippen MR) is 73.3 cm³/mol. The normalized spacial score (nSPS) is 23.2. The fourth-order valence-corrected chi connectivity index (χ4v) is 3.14. The molecule has 1 aliphatic rings. The molecular weight excluding hydrogens is 278 g/mol. The minimum absolute atomic E-state index is 0.376. The van der Waals surface area contributed by atoms with Crippen LogP contribution in [0.25, 0.3) is 10.8 Å². The Kier molecular flexibility index (Phi) is 3.31. The van der Waals surface area contributed by atoms with Crippen molar-refractivity contribution in [1.82, 2.24) is 15.1 Å². The molecule has 0 bridgehead atoms. The zero-order valence-corrected chi connectivity index (χ0v) is 11.9. The molecule has 0 saturated carbocycles. The van der Waals surface area contributed by atoms with Gasteiger partial charge in [-0.25, -0.2) is 0 Å². The summed E-state index contributed by atoms with van der Waals surface area (Å²) in [6.45, 7) is 2.86. The Bertz CT molecular complexity index is 610. The third-order valence-corrected chi connectivity index (χ3v) is 4.63. The van der Waals surface area contributed by atoms with E-state index >= 15 is 0 Å². The number of hydrogen-bond acceptors (Lipinski definition) is 6. The molecule has 0 spiro atoms. The molecule has 0 aromatic carbocycles. The van der Waals surface area contributed by atoms with Gasteiger partial charge in [0.1, 0.15) is 5.54 Å². The van der Waals surface area contributed by atoms with E-state index in [1.807, 2.05) is 22.4 Å². The third kappa shape index (κ3) is 2.23. The molecule has 0 radical (unpaired) electrons. The van der Waals surface area contributed by atoms with E-state index in [0.717, 1.165) is 17.8 Å². The minimum atomic E-state index is -0.836. The molecule has 2 aromatic rings. The molecule has 1 atom stereocenters. The van der Waals surface area contributed by atoms with Crippen LogP contribution in [0.15, 0.2) is 21.9 Å². The van der Waals surface area contributed by atoms with Crippen molar-refractivity contribution in [1.29, 1.82) is 0 Å². The summed E-state index contributed by atoms with van der Waals surface area (Å²) >= 11 is 1.53. The average molecular weight is 293 g/mol. The van der Waals surface area contributed by atoms with Gasteiger partial charge >= 0.3 is 5.97 Å². The molecule has 1 aliphatic heterocycles. The maximum atomic E-state index is 11.4. The first kappa shape index (κ1) is 13.3. The zero-order chi connectivity index (χ0) is 14.2. The molecule has 1 saturated heterocycles. The number of hydrogen-bond donors (Lipinski definition) is 1. The van der Waals surface area contributed by atoms with Crippen molar-refractivity contribution >= 4 is 17.3 Å². The van der Waals surface area contributed by atoms with Gasteiger partial charge in [-0.05, 0) is 37.8 Å². The lowest BCUT2D eigenvalue weighted by Crippen LogP contribution is -2.47. The number of aromatic nitrogens is 2. The van der Waals surface area contributed by atoms with Gasteiger partial charge in [-0.2, -0.15) is 0 Å². The van der Waals surface area contributed by atoms with Crippen molar-refractivity contribution in [3.8, 4) is 10.8 Å². The van der Waals surface area contributed by atoms with E-state index in [1.165, 1.54) is 11.3 Å². The highest BCUT2D eigenvalue weighted by atomic mass is 32.1. The molecular formula is C13H15N3O3S. The van der Waals surface area contributed by atoms with E-state index in [-0.39, 0.29) is 0 Å². The molecule has 3 heterocycles. The molecule has 0 aliphatic carbocycles. The van der Waals surface area contributed by atoms with E-state index in [9.17, 15) is 9.90 Å². The number of thiophene rings is 1. The summed E-state index contributed by atoms with van der Waals surface area (Å²) in [5.74, 6) is 0.155. The molecule has 1 fully saturated rings. The van der Waals surface area contributed by atoms with Gasteiger partial charge in [-0.3, -0.25) is 9.69 Å². The lowest BCUT2D eigenvalue weighted by atomic mass is 9.99. The van der Waals surface area contributed by atoms with Gasteiger partial charge in [0.05, 0.1) is 11.4 Å². The number of carboxylic acids is 1. The lowest BCUT2D eigenvalue weighted by Gasteiger charge is -2.29. The van der Waals surface area contributed by atoms with Gasteiger partial charge in [0.15, 0.2) is 0 Å². The molecule has 2 aromatic heterocycles. The van der Waals surface area contributed by atoms with Crippen molar-refractivity contribution < 1.29 is 14.3 Å². The van der Waals surface area contributed by atoms with Crippen LogP contribution in [0.4, 0.5) is 0 Å². The van der Waals surface area contributed by atoms with E-state index in [0.29, 0.717) is 24.7 Å². The van der Waals surface area contributed by atoms with Crippen molar-refractivity contribution in [3.63, 3.8) is 0 Å². The average Bonchev–Trinajstić information content (AvgIpc) is 3.12. The van der Waals surface area contributed by atoms with E-state index in [4.69, 9.17) is 4.42 Å². The maximum Gasteiger partial charge on any atom is 0.323 e. The van der Waals surface area contributed by atoms with Crippen molar-refractivity contribution in [2.75, 3.05) is 6.54 Å². The van der Waals surface area contributed by atoms with E-state index in [2.05, 4.69) is 10.2 Å². The summed E-state index contributed by atoms with van der Waals surface area (Å²) in [5.41, 5.74) is -0.836. The monoisotopic (exact) mass is 293 g/mol. The second-order valence-corrected chi connectivity index (χ2v) is 6.03. The Morgan fingerprint density at radius 3 is 3.15 bits per heavy atom. The predicted octanol–water partition coefficient (Wildman–Crippen LogP) is 2.24. The van der Waals surface area contributed by atoms with Crippen LogP contribution in [-0.4, -0.2) is 38.3 Å². The first-order valence-electron chi connectivity index (χ1n) is 6.44. The Morgan fingerprint density at radius 2 is 2.45 bits per heavy atom. The van der Waals surface area contributed by atoms with Gasteiger partial charge < -0.3 is 9.52 Å². The van der Waals surface area contributed by atoms with Crippen molar-refractivity contribution in [2.45, 2.75) is 31.8 Å². The molecule has 20 heavy (non-hydrogen) atoms. The first-order chi connectivity index (χ1) is 9.59. The van der Waals surface area contributed by atoms with Crippen LogP contribution in [0.3, 0.4) is 0 Å². The standard InChI is InChI=1S/C13H15N3O3S/c1-13(12(17)18)5-3-6-16(13)8-10-14-15-11(19-10)9-4-2-7-20-9/h2,4,7H,3,5-6,8H2,1H3,(H,17,18). The number of likely N-dealkylation sites (tertiary alicyclic amines) is 1. The highest BCUT2D eigenvalue weighted by Crippen LogP contribution is 2.31. The summed E-state index contributed by atoms with van der Waals surface area (Å²) in [4.78, 5) is 14.2. The largest absolute Gasteiger partial charge is 0.480 e. The molecule has 7 heteroatoms. The van der Waals surface area contributed by atoms with Crippen LogP contribution in [0.2, 0.25) is 0 Å². The number of carboxylic acid groups (broad SMARTS) is 1. The quantitative estimate of drug-likeness (QED) is 0.931. The molecule has 1 unspecified atom stereocenters. The zero-order valence-electron chi connectivity index (χ0n) is 11.1. The molecule has 1 N–H and O–H groups in total. The number of carbonyl (C=O) groups is 1. The molecule has 106 valence electrons. The van der Waals surface area contributed by atoms with Gasteiger partial charge in [0, 0.05) is 0 Å². The maximum absolute atomic E-state index is 11.4. The highest BCUT2D eigenvalue weighted by Gasteiger charge is 2.43. The van der Waals surface area contributed by atoms with Crippen LogP contribution >= 0.6 is 11.3 Å². The third-order valence-electron chi connectivity index (χ3n) is 3.78. The van der Waals surface area contributed by atoms with Crippen LogP contribution in [-0.2, 0) is 11.3 Å². The van der Waals surface area contributed by atoms with Gasteiger partial charge in [-0.1, -0.05) is 6.07 Å². The van der Waals surface area contributed by atoms with Crippen LogP contribution in [0.1, 0.15) is 25.7 Å². The summed E-state index contributed by atoms with van der Waals surface area (Å²) in [5, 5.41) is 19.3. The number of aliphatic carboxylic acids is 1. The van der Waals surface area contributed by atoms with Gasteiger partial charge in [0.2, 0.25) is 5.89 Å². The Balaban J connectivity index is 1.77. The fourth-order valence-electron chi connectivity index (χ4n) is 2.50. The summed E-state index contributed by atoms with van der Waals surface area (Å²) in [6, 6.07) is 3.84. The smallest absolute Gasteiger partial charge is 0.323 e. The summed E-state index contributed by atoms with van der Waals surface area (Å²) in [6.07, 6.45) is 1.52.